The van der Waals surface area contributed by atoms with Crippen molar-refractivity contribution in [2.24, 2.45) is 0 Å². The zero-order valence-electron chi connectivity index (χ0n) is 23.0. The number of likely N-dealkylation sites (tertiary alicyclic amines) is 1. The fraction of sp³-hybridized carbons (Fsp3) is 0.400. The van der Waals surface area contributed by atoms with E-state index in [-0.39, 0.29) is 22.9 Å². The van der Waals surface area contributed by atoms with E-state index in [2.05, 4.69) is 29.3 Å². The van der Waals surface area contributed by atoms with Crippen LogP contribution in [0.3, 0.4) is 0 Å². The van der Waals surface area contributed by atoms with E-state index < -0.39 is 28.4 Å². The van der Waals surface area contributed by atoms with E-state index in [1.807, 2.05) is 25.1 Å². The third-order valence-electron chi connectivity index (χ3n) is 7.62. The monoisotopic (exact) mass is 533 g/mol. The van der Waals surface area contributed by atoms with Crippen LogP contribution in [0.2, 0.25) is 0 Å². The van der Waals surface area contributed by atoms with Gasteiger partial charge in [0.2, 0.25) is 0 Å². The molecule has 1 fully saturated rings. The molecular weight excluding hydrogens is 498 g/mol. The third-order valence-corrected chi connectivity index (χ3v) is 7.62. The highest BCUT2D eigenvalue weighted by Crippen LogP contribution is 2.42. The molecule has 9 heteroatoms. The van der Waals surface area contributed by atoms with E-state index in [4.69, 9.17) is 9.47 Å². The van der Waals surface area contributed by atoms with Crippen LogP contribution in [0.1, 0.15) is 63.6 Å². The van der Waals surface area contributed by atoms with Gasteiger partial charge in [0, 0.05) is 49.1 Å². The maximum absolute atomic E-state index is 13.9. The first-order valence-electron chi connectivity index (χ1n) is 13.1. The summed E-state index contributed by atoms with van der Waals surface area (Å²) in [6.07, 6.45) is 1.58. The standard InChI is InChI=1S/C30H35N3O6/c1-6-24(21-11-8-7-9-12-21)32-16-15-30(4,18-32)39-29(35)26-20(3)31-19(2)25(28(34)38-5)27(26)22-13-10-14-23(17-22)33(36)37/h7-14,17,24,27,31H,6,15-16,18H2,1-5H3. The number of nitrogens with one attached hydrogen (secondary N) is 1. The summed E-state index contributed by atoms with van der Waals surface area (Å²) in [4.78, 5) is 40.2. The van der Waals surface area contributed by atoms with Crippen LogP contribution in [0, 0.1) is 10.1 Å². The zero-order chi connectivity index (χ0) is 28.3. The van der Waals surface area contributed by atoms with Gasteiger partial charge < -0.3 is 14.8 Å². The minimum absolute atomic E-state index is 0.136. The number of esters is 2. The number of methoxy groups -OCH3 is 1. The molecule has 39 heavy (non-hydrogen) atoms. The van der Waals surface area contributed by atoms with Crippen LogP contribution in [0.5, 0.6) is 0 Å². The van der Waals surface area contributed by atoms with Crippen molar-refractivity contribution in [2.45, 2.75) is 58.1 Å². The summed E-state index contributed by atoms with van der Waals surface area (Å²) in [7, 11) is 1.27. The van der Waals surface area contributed by atoms with Crippen molar-refractivity contribution >= 4 is 17.6 Å². The van der Waals surface area contributed by atoms with Gasteiger partial charge in [0.05, 0.1) is 29.1 Å². The van der Waals surface area contributed by atoms with Gasteiger partial charge in [-0.25, -0.2) is 9.59 Å². The summed E-state index contributed by atoms with van der Waals surface area (Å²) in [5.41, 5.74) is 2.25. The van der Waals surface area contributed by atoms with Gasteiger partial charge in [-0.2, -0.15) is 0 Å². The first kappa shape index (κ1) is 28.0. The van der Waals surface area contributed by atoms with Crippen molar-refractivity contribution in [1.82, 2.24) is 10.2 Å². The number of hydrogen-bond donors (Lipinski definition) is 1. The number of carbonyl (C=O) groups is 2. The van der Waals surface area contributed by atoms with Crippen LogP contribution in [0.4, 0.5) is 5.69 Å². The van der Waals surface area contributed by atoms with Crippen LogP contribution in [-0.2, 0) is 19.1 Å². The highest BCUT2D eigenvalue weighted by molar-refractivity contribution is 6.00. The van der Waals surface area contributed by atoms with E-state index >= 15 is 0 Å². The van der Waals surface area contributed by atoms with Gasteiger partial charge in [-0.05, 0) is 38.3 Å². The number of ether oxygens (including phenoxy) is 2. The minimum atomic E-state index is -0.889. The van der Waals surface area contributed by atoms with Crippen molar-refractivity contribution < 1.29 is 24.0 Å². The molecule has 2 heterocycles. The Morgan fingerprint density at radius 2 is 1.77 bits per heavy atom. The molecule has 0 bridgehead atoms. The van der Waals surface area contributed by atoms with Crippen molar-refractivity contribution in [3.8, 4) is 0 Å². The minimum Gasteiger partial charge on any atom is -0.466 e. The Morgan fingerprint density at radius 1 is 1.10 bits per heavy atom. The van der Waals surface area contributed by atoms with Crippen molar-refractivity contribution in [2.75, 3.05) is 20.2 Å². The molecular formula is C30H35N3O6. The van der Waals surface area contributed by atoms with E-state index in [1.165, 1.54) is 24.8 Å². The number of carbonyl (C=O) groups excluding carboxylic acids is 2. The molecule has 2 aromatic rings. The summed E-state index contributed by atoms with van der Waals surface area (Å²) >= 11 is 0. The van der Waals surface area contributed by atoms with Gasteiger partial charge in [-0.15, -0.1) is 0 Å². The number of nitro benzene ring substituents is 1. The molecule has 2 aliphatic rings. The molecule has 206 valence electrons. The molecule has 3 atom stereocenters. The van der Waals surface area contributed by atoms with Gasteiger partial charge >= 0.3 is 11.9 Å². The normalized spacial score (nSPS) is 22.3. The molecule has 9 nitrogen and oxygen atoms in total. The van der Waals surface area contributed by atoms with Gasteiger partial charge in [0.25, 0.3) is 5.69 Å². The molecule has 0 saturated carbocycles. The number of rotatable bonds is 8. The van der Waals surface area contributed by atoms with Gasteiger partial charge in [0.1, 0.15) is 5.60 Å². The molecule has 0 aromatic heterocycles. The molecule has 0 spiro atoms. The van der Waals surface area contributed by atoms with E-state index in [0.717, 1.165) is 13.0 Å². The number of nitro groups is 1. The second-order valence-electron chi connectivity index (χ2n) is 10.4. The Kier molecular flexibility index (Phi) is 8.20. The first-order valence-corrected chi connectivity index (χ1v) is 13.1. The molecule has 3 unspecified atom stereocenters. The van der Waals surface area contributed by atoms with Gasteiger partial charge in [-0.3, -0.25) is 15.0 Å². The lowest BCUT2D eigenvalue weighted by molar-refractivity contribution is -0.384. The lowest BCUT2D eigenvalue weighted by atomic mass is 9.80. The van der Waals surface area contributed by atoms with Crippen LogP contribution >= 0.6 is 0 Å². The number of non-ortho nitro benzene ring substituents is 1. The highest BCUT2D eigenvalue weighted by atomic mass is 16.6. The van der Waals surface area contributed by atoms with Crippen LogP contribution in [-0.4, -0.2) is 47.6 Å². The van der Waals surface area contributed by atoms with Gasteiger partial charge in [0.15, 0.2) is 0 Å². The lowest BCUT2D eigenvalue weighted by Crippen LogP contribution is -2.39. The Hall–Kier alpha value is -3.98. The number of nitrogens with zero attached hydrogens (tertiary/aromatic N) is 2. The average molecular weight is 534 g/mol. The second kappa shape index (κ2) is 11.4. The largest absolute Gasteiger partial charge is 0.466 e. The Bertz CT molecular complexity index is 1340. The molecule has 4 rings (SSSR count). The third kappa shape index (κ3) is 5.73. The van der Waals surface area contributed by atoms with Crippen molar-refractivity contribution in [3.63, 3.8) is 0 Å². The molecule has 0 aliphatic carbocycles. The maximum atomic E-state index is 13.9. The summed E-state index contributed by atoms with van der Waals surface area (Å²) < 4.78 is 11.3. The van der Waals surface area contributed by atoms with Crippen LogP contribution in [0.25, 0.3) is 0 Å². The van der Waals surface area contributed by atoms with Crippen molar-refractivity contribution in [3.05, 3.63) is 98.4 Å². The molecule has 1 saturated heterocycles. The maximum Gasteiger partial charge on any atom is 0.337 e. The summed E-state index contributed by atoms with van der Waals surface area (Å²) in [5.74, 6) is -2.08. The smallest absolute Gasteiger partial charge is 0.337 e. The van der Waals surface area contributed by atoms with Gasteiger partial charge in [-0.1, -0.05) is 49.4 Å². The second-order valence-corrected chi connectivity index (χ2v) is 10.4. The highest BCUT2D eigenvalue weighted by Gasteiger charge is 2.44. The molecule has 2 aromatic carbocycles. The summed E-state index contributed by atoms with van der Waals surface area (Å²) in [5, 5.41) is 14.6. The topological polar surface area (TPSA) is 111 Å². The molecule has 2 aliphatic heterocycles. The Balaban J connectivity index is 1.66. The summed E-state index contributed by atoms with van der Waals surface area (Å²) in [6.45, 7) is 8.87. The van der Waals surface area contributed by atoms with E-state index in [1.54, 1.807) is 26.0 Å². The lowest BCUT2D eigenvalue weighted by Gasteiger charge is -2.33. The van der Waals surface area contributed by atoms with E-state index in [0.29, 0.717) is 29.9 Å². The Morgan fingerprint density at radius 3 is 2.38 bits per heavy atom. The predicted molar refractivity (Wildman–Crippen MR) is 147 cm³/mol. The van der Waals surface area contributed by atoms with Crippen LogP contribution in [0.15, 0.2) is 77.1 Å². The SMILES string of the molecule is CCC(c1ccccc1)N1CCC(C)(OC(=O)C2=C(C)NC(C)=C(C(=O)OC)C2c2cccc([N+](=O)[O-])c2)C1. The fourth-order valence-electron chi connectivity index (χ4n) is 5.77. The fourth-order valence-corrected chi connectivity index (χ4v) is 5.77. The molecule has 0 amide bonds. The molecule has 0 radical (unpaired) electrons. The average Bonchev–Trinajstić information content (AvgIpc) is 3.29. The number of hydrogen-bond acceptors (Lipinski definition) is 8. The summed E-state index contributed by atoms with van der Waals surface area (Å²) in [6, 6.07) is 16.5. The van der Waals surface area contributed by atoms with Crippen molar-refractivity contribution in [1.29, 1.82) is 0 Å². The van der Waals surface area contributed by atoms with Crippen LogP contribution < -0.4 is 5.32 Å². The quantitative estimate of drug-likeness (QED) is 0.281. The first-order chi connectivity index (χ1) is 18.6. The Labute approximate surface area is 228 Å². The predicted octanol–water partition coefficient (Wildman–Crippen LogP) is 5.16. The molecule has 1 N–H and O–H groups in total. The number of dihydropyridines is 1. The van der Waals surface area contributed by atoms with E-state index in [9.17, 15) is 19.7 Å². The zero-order valence-corrected chi connectivity index (χ0v) is 23.0. The number of allylic oxidation sites excluding steroid dienone is 2. The number of benzene rings is 2.